The summed E-state index contributed by atoms with van der Waals surface area (Å²) < 4.78 is 5.03. The fraction of sp³-hybridized carbons (Fsp3) is 0.923. The van der Waals surface area contributed by atoms with Crippen molar-refractivity contribution >= 4 is 5.97 Å². The molecule has 1 fully saturated rings. The van der Waals surface area contributed by atoms with Crippen molar-refractivity contribution in [1.29, 1.82) is 0 Å². The Kier molecular flexibility index (Phi) is 6.46. The third-order valence-electron chi connectivity index (χ3n) is 3.24. The highest BCUT2D eigenvalue weighted by Crippen LogP contribution is 2.22. The van der Waals surface area contributed by atoms with Crippen LogP contribution in [0.4, 0.5) is 0 Å². The van der Waals surface area contributed by atoms with Crippen molar-refractivity contribution in [3.8, 4) is 0 Å². The molecule has 1 rings (SSSR count). The van der Waals surface area contributed by atoms with Gasteiger partial charge in [-0.15, -0.1) is 0 Å². The van der Waals surface area contributed by atoms with E-state index in [-0.39, 0.29) is 5.97 Å². The van der Waals surface area contributed by atoms with Gasteiger partial charge in [0.1, 0.15) is 0 Å². The fourth-order valence-electron chi connectivity index (χ4n) is 2.50. The Hall–Kier alpha value is -0.570. The second kappa shape index (κ2) is 7.66. The molecule has 3 heteroatoms. The molecule has 0 radical (unpaired) electrons. The second-order valence-electron chi connectivity index (χ2n) is 4.57. The molecular weight excluding hydrogens is 202 g/mol. The molecule has 0 spiro atoms. The Morgan fingerprint density at radius 3 is 2.50 bits per heavy atom. The SMILES string of the molecule is CCCN(CC(=O)OCC)C1CCCCC1. The molecule has 0 aromatic heterocycles. The van der Waals surface area contributed by atoms with E-state index in [1.807, 2.05) is 6.92 Å². The molecule has 0 N–H and O–H groups in total. The molecule has 94 valence electrons. The molecule has 0 saturated heterocycles. The summed E-state index contributed by atoms with van der Waals surface area (Å²) in [5.41, 5.74) is 0. The number of nitrogens with zero attached hydrogens (tertiary/aromatic N) is 1. The molecule has 1 aliphatic rings. The first-order valence-electron chi connectivity index (χ1n) is 6.67. The van der Waals surface area contributed by atoms with Gasteiger partial charge in [-0.05, 0) is 32.7 Å². The van der Waals surface area contributed by atoms with Crippen molar-refractivity contribution in [3.63, 3.8) is 0 Å². The van der Waals surface area contributed by atoms with Crippen LogP contribution in [-0.2, 0) is 9.53 Å². The summed E-state index contributed by atoms with van der Waals surface area (Å²) in [5.74, 6) is -0.0680. The molecule has 16 heavy (non-hydrogen) atoms. The van der Waals surface area contributed by atoms with Crippen LogP contribution in [-0.4, -0.2) is 36.6 Å². The molecule has 0 bridgehead atoms. The van der Waals surface area contributed by atoms with Gasteiger partial charge < -0.3 is 4.74 Å². The molecule has 3 nitrogen and oxygen atoms in total. The molecule has 0 amide bonds. The minimum Gasteiger partial charge on any atom is -0.465 e. The van der Waals surface area contributed by atoms with Gasteiger partial charge in [-0.3, -0.25) is 9.69 Å². The zero-order valence-corrected chi connectivity index (χ0v) is 10.7. The van der Waals surface area contributed by atoms with E-state index in [1.165, 1.54) is 32.1 Å². The summed E-state index contributed by atoms with van der Waals surface area (Å²) in [6, 6.07) is 0.609. The first kappa shape index (κ1) is 13.5. The Labute approximate surface area is 99.1 Å². The zero-order valence-electron chi connectivity index (χ0n) is 10.7. The molecule has 0 heterocycles. The predicted molar refractivity (Wildman–Crippen MR) is 65.4 cm³/mol. The van der Waals surface area contributed by atoms with Gasteiger partial charge in [0.2, 0.25) is 0 Å². The van der Waals surface area contributed by atoms with Crippen molar-refractivity contribution in [2.45, 2.75) is 58.4 Å². The third kappa shape index (κ3) is 4.52. The van der Waals surface area contributed by atoms with E-state index in [1.54, 1.807) is 0 Å². The van der Waals surface area contributed by atoms with E-state index in [0.717, 1.165) is 13.0 Å². The summed E-state index contributed by atoms with van der Waals surface area (Å²) in [6.07, 6.45) is 7.59. The maximum Gasteiger partial charge on any atom is 0.320 e. The van der Waals surface area contributed by atoms with Gasteiger partial charge in [0.05, 0.1) is 13.2 Å². The summed E-state index contributed by atoms with van der Waals surface area (Å²) in [5, 5.41) is 0. The van der Waals surface area contributed by atoms with Gasteiger partial charge >= 0.3 is 5.97 Å². The summed E-state index contributed by atoms with van der Waals surface area (Å²) >= 11 is 0. The highest BCUT2D eigenvalue weighted by molar-refractivity contribution is 5.71. The van der Waals surface area contributed by atoms with Crippen LogP contribution in [0.2, 0.25) is 0 Å². The Balaban J connectivity index is 2.41. The van der Waals surface area contributed by atoms with Gasteiger partial charge in [-0.1, -0.05) is 26.2 Å². The van der Waals surface area contributed by atoms with Crippen LogP contribution in [0.25, 0.3) is 0 Å². The van der Waals surface area contributed by atoms with E-state index < -0.39 is 0 Å². The number of carbonyl (C=O) groups is 1. The number of rotatable bonds is 6. The number of ether oxygens (including phenoxy) is 1. The van der Waals surface area contributed by atoms with Gasteiger partial charge in [-0.25, -0.2) is 0 Å². The van der Waals surface area contributed by atoms with Crippen molar-refractivity contribution in [2.75, 3.05) is 19.7 Å². The van der Waals surface area contributed by atoms with Crippen LogP contribution in [0, 0.1) is 0 Å². The maximum absolute atomic E-state index is 11.5. The molecule has 0 aliphatic heterocycles. The highest BCUT2D eigenvalue weighted by Gasteiger charge is 2.22. The summed E-state index contributed by atoms with van der Waals surface area (Å²) in [7, 11) is 0. The Bertz CT molecular complexity index is 200. The lowest BCUT2D eigenvalue weighted by Gasteiger charge is -2.33. The lowest BCUT2D eigenvalue weighted by molar-refractivity contribution is -0.145. The van der Waals surface area contributed by atoms with Crippen molar-refractivity contribution < 1.29 is 9.53 Å². The minimum absolute atomic E-state index is 0.0680. The fourth-order valence-corrected chi connectivity index (χ4v) is 2.50. The summed E-state index contributed by atoms with van der Waals surface area (Å²) in [4.78, 5) is 13.8. The predicted octanol–water partition coefficient (Wildman–Crippen LogP) is 2.59. The zero-order chi connectivity index (χ0) is 11.8. The largest absolute Gasteiger partial charge is 0.465 e. The lowest BCUT2D eigenvalue weighted by atomic mass is 9.94. The van der Waals surface area contributed by atoms with Gasteiger partial charge in [0, 0.05) is 6.04 Å². The van der Waals surface area contributed by atoms with Crippen LogP contribution in [0.5, 0.6) is 0 Å². The average molecular weight is 227 g/mol. The number of carbonyl (C=O) groups excluding carboxylic acids is 1. The van der Waals surface area contributed by atoms with E-state index >= 15 is 0 Å². The number of hydrogen-bond acceptors (Lipinski definition) is 3. The molecule has 0 aromatic rings. The van der Waals surface area contributed by atoms with Gasteiger partial charge in [0.15, 0.2) is 0 Å². The number of hydrogen-bond donors (Lipinski definition) is 0. The minimum atomic E-state index is -0.0680. The topological polar surface area (TPSA) is 29.5 Å². The third-order valence-corrected chi connectivity index (χ3v) is 3.24. The molecule has 0 unspecified atom stereocenters. The first-order chi connectivity index (χ1) is 7.77. The molecule has 0 aromatic carbocycles. The van der Waals surface area contributed by atoms with Crippen molar-refractivity contribution in [1.82, 2.24) is 4.90 Å². The van der Waals surface area contributed by atoms with E-state index in [2.05, 4.69) is 11.8 Å². The van der Waals surface area contributed by atoms with Crippen molar-refractivity contribution in [3.05, 3.63) is 0 Å². The highest BCUT2D eigenvalue weighted by atomic mass is 16.5. The van der Waals surface area contributed by atoms with Gasteiger partial charge in [-0.2, -0.15) is 0 Å². The first-order valence-corrected chi connectivity index (χ1v) is 6.67. The average Bonchev–Trinajstić information content (AvgIpc) is 2.30. The van der Waals surface area contributed by atoms with E-state index in [4.69, 9.17) is 4.74 Å². The van der Waals surface area contributed by atoms with Crippen LogP contribution >= 0.6 is 0 Å². The van der Waals surface area contributed by atoms with Crippen molar-refractivity contribution in [2.24, 2.45) is 0 Å². The molecule has 1 saturated carbocycles. The maximum atomic E-state index is 11.5. The molecule has 0 atom stereocenters. The van der Waals surface area contributed by atoms with Crippen LogP contribution in [0.1, 0.15) is 52.4 Å². The quantitative estimate of drug-likeness (QED) is 0.653. The monoisotopic (exact) mass is 227 g/mol. The smallest absolute Gasteiger partial charge is 0.320 e. The standard InChI is InChI=1S/C13H25NO2/c1-3-10-14(11-13(15)16-4-2)12-8-6-5-7-9-12/h12H,3-11H2,1-2H3. The van der Waals surface area contributed by atoms with Crippen LogP contribution in [0.15, 0.2) is 0 Å². The number of esters is 1. The van der Waals surface area contributed by atoms with Crippen LogP contribution < -0.4 is 0 Å². The second-order valence-corrected chi connectivity index (χ2v) is 4.57. The Morgan fingerprint density at radius 2 is 1.94 bits per heavy atom. The lowest BCUT2D eigenvalue weighted by Crippen LogP contribution is -2.41. The normalized spacial score (nSPS) is 17.7. The molecule has 1 aliphatic carbocycles. The van der Waals surface area contributed by atoms with E-state index in [0.29, 0.717) is 19.2 Å². The van der Waals surface area contributed by atoms with E-state index in [9.17, 15) is 4.79 Å². The Morgan fingerprint density at radius 1 is 1.25 bits per heavy atom. The summed E-state index contributed by atoms with van der Waals surface area (Å²) in [6.45, 7) is 6.02. The van der Waals surface area contributed by atoms with Gasteiger partial charge in [0.25, 0.3) is 0 Å². The molecular formula is C13H25NO2. The van der Waals surface area contributed by atoms with Crippen LogP contribution in [0.3, 0.4) is 0 Å².